The zero-order chi connectivity index (χ0) is 17.8. The summed E-state index contributed by atoms with van der Waals surface area (Å²) in [6, 6.07) is 14.4. The molecule has 0 atom stereocenters. The summed E-state index contributed by atoms with van der Waals surface area (Å²) < 4.78 is 5.10. The highest BCUT2D eigenvalue weighted by Crippen LogP contribution is 2.27. The SMILES string of the molecule is COc1ccnc(Nc2cc(C)cc(-c3cccc(C(=O)O)c3)c2)n1. The number of anilines is 2. The molecule has 0 aliphatic carbocycles. The first kappa shape index (κ1) is 16.4. The fourth-order valence-corrected chi connectivity index (χ4v) is 2.50. The number of hydrogen-bond donors (Lipinski definition) is 2. The molecule has 2 N–H and O–H groups in total. The van der Waals surface area contributed by atoms with Gasteiger partial charge in [-0.25, -0.2) is 9.78 Å². The Morgan fingerprint density at radius 2 is 1.96 bits per heavy atom. The minimum absolute atomic E-state index is 0.254. The van der Waals surface area contributed by atoms with Crippen LogP contribution in [-0.4, -0.2) is 28.2 Å². The predicted molar refractivity (Wildman–Crippen MR) is 95.4 cm³/mol. The van der Waals surface area contributed by atoms with E-state index in [1.165, 1.54) is 0 Å². The van der Waals surface area contributed by atoms with Gasteiger partial charge in [-0.05, 0) is 47.9 Å². The molecular formula is C19H17N3O3. The largest absolute Gasteiger partial charge is 0.481 e. The molecule has 0 aliphatic heterocycles. The number of aryl methyl sites for hydroxylation is 1. The lowest BCUT2D eigenvalue weighted by Crippen LogP contribution is -1.99. The normalized spacial score (nSPS) is 10.3. The first-order chi connectivity index (χ1) is 12.0. The molecule has 2 aromatic carbocycles. The molecule has 3 aromatic rings. The average molecular weight is 335 g/mol. The van der Waals surface area contributed by atoms with Gasteiger partial charge in [-0.3, -0.25) is 0 Å². The van der Waals surface area contributed by atoms with Crippen molar-refractivity contribution in [3.05, 3.63) is 65.9 Å². The molecule has 6 heteroatoms. The van der Waals surface area contributed by atoms with E-state index in [4.69, 9.17) is 9.84 Å². The van der Waals surface area contributed by atoms with Gasteiger partial charge in [0, 0.05) is 18.0 Å². The lowest BCUT2D eigenvalue weighted by molar-refractivity contribution is 0.0697. The quantitative estimate of drug-likeness (QED) is 0.735. The molecule has 3 rings (SSSR count). The van der Waals surface area contributed by atoms with Crippen molar-refractivity contribution in [1.82, 2.24) is 9.97 Å². The summed E-state index contributed by atoms with van der Waals surface area (Å²) in [5.74, 6) is -0.0487. The van der Waals surface area contributed by atoms with Crippen LogP contribution in [0.2, 0.25) is 0 Å². The molecule has 1 aromatic heterocycles. The van der Waals surface area contributed by atoms with Crippen LogP contribution in [0.5, 0.6) is 5.88 Å². The van der Waals surface area contributed by atoms with E-state index >= 15 is 0 Å². The third kappa shape index (κ3) is 3.92. The molecule has 0 saturated carbocycles. The van der Waals surface area contributed by atoms with Crippen LogP contribution < -0.4 is 10.1 Å². The van der Waals surface area contributed by atoms with Crippen LogP contribution in [0.4, 0.5) is 11.6 Å². The highest BCUT2D eigenvalue weighted by Gasteiger charge is 2.07. The van der Waals surface area contributed by atoms with Crippen molar-refractivity contribution in [2.45, 2.75) is 6.92 Å². The average Bonchev–Trinajstić information content (AvgIpc) is 2.61. The first-order valence-corrected chi connectivity index (χ1v) is 7.64. The van der Waals surface area contributed by atoms with Crippen molar-refractivity contribution in [3.63, 3.8) is 0 Å². The maximum atomic E-state index is 11.2. The first-order valence-electron chi connectivity index (χ1n) is 7.64. The summed E-state index contributed by atoms with van der Waals surface area (Å²) in [5.41, 5.74) is 3.84. The molecule has 0 unspecified atom stereocenters. The highest BCUT2D eigenvalue weighted by atomic mass is 16.5. The van der Waals surface area contributed by atoms with Crippen molar-refractivity contribution >= 4 is 17.6 Å². The van der Waals surface area contributed by atoms with Crippen molar-refractivity contribution < 1.29 is 14.6 Å². The number of hydrogen-bond acceptors (Lipinski definition) is 5. The minimum atomic E-state index is -0.947. The third-order valence-corrected chi connectivity index (χ3v) is 3.62. The van der Waals surface area contributed by atoms with E-state index in [2.05, 4.69) is 15.3 Å². The monoisotopic (exact) mass is 335 g/mol. The smallest absolute Gasteiger partial charge is 0.335 e. The van der Waals surface area contributed by atoms with Gasteiger partial charge < -0.3 is 15.2 Å². The Labute approximate surface area is 145 Å². The number of aromatic carboxylic acids is 1. The van der Waals surface area contributed by atoms with E-state index in [-0.39, 0.29) is 5.56 Å². The van der Waals surface area contributed by atoms with Crippen LogP contribution in [-0.2, 0) is 0 Å². The number of nitrogens with one attached hydrogen (secondary N) is 1. The molecule has 0 spiro atoms. The third-order valence-electron chi connectivity index (χ3n) is 3.62. The van der Waals surface area contributed by atoms with Gasteiger partial charge in [0.2, 0.25) is 11.8 Å². The Hall–Kier alpha value is -3.41. The second-order valence-electron chi connectivity index (χ2n) is 5.52. The van der Waals surface area contributed by atoms with E-state index in [0.29, 0.717) is 11.8 Å². The van der Waals surface area contributed by atoms with E-state index < -0.39 is 5.97 Å². The second kappa shape index (κ2) is 7.00. The lowest BCUT2D eigenvalue weighted by Gasteiger charge is -2.10. The molecule has 0 amide bonds. The maximum absolute atomic E-state index is 11.2. The summed E-state index contributed by atoms with van der Waals surface area (Å²) in [6.45, 7) is 1.97. The van der Waals surface area contributed by atoms with E-state index in [1.54, 1.807) is 37.6 Å². The van der Waals surface area contributed by atoms with Gasteiger partial charge in [0.25, 0.3) is 0 Å². The molecule has 6 nitrogen and oxygen atoms in total. The molecule has 1 heterocycles. The number of carboxylic acids is 1. The Bertz CT molecular complexity index is 925. The van der Waals surface area contributed by atoms with Crippen LogP contribution in [0.3, 0.4) is 0 Å². The van der Waals surface area contributed by atoms with Crippen LogP contribution >= 0.6 is 0 Å². The number of rotatable bonds is 5. The molecule has 0 aliphatic rings. The number of methoxy groups -OCH3 is 1. The zero-order valence-corrected chi connectivity index (χ0v) is 13.9. The molecule has 0 bridgehead atoms. The van der Waals surface area contributed by atoms with Crippen LogP contribution in [0.1, 0.15) is 15.9 Å². The summed E-state index contributed by atoms with van der Waals surface area (Å²) >= 11 is 0. The Morgan fingerprint density at radius 1 is 1.12 bits per heavy atom. The van der Waals surface area contributed by atoms with Crippen molar-refractivity contribution in [1.29, 1.82) is 0 Å². The summed E-state index contributed by atoms with van der Waals surface area (Å²) in [5, 5.41) is 12.3. The lowest BCUT2D eigenvalue weighted by atomic mass is 10.0. The number of carboxylic acid groups (broad SMARTS) is 1. The minimum Gasteiger partial charge on any atom is -0.481 e. The van der Waals surface area contributed by atoms with Crippen molar-refractivity contribution in [2.24, 2.45) is 0 Å². The van der Waals surface area contributed by atoms with Gasteiger partial charge in [-0.2, -0.15) is 4.98 Å². The van der Waals surface area contributed by atoms with Crippen LogP contribution in [0.15, 0.2) is 54.7 Å². The number of benzene rings is 2. The van der Waals surface area contributed by atoms with Gasteiger partial charge in [-0.15, -0.1) is 0 Å². The summed E-state index contributed by atoms with van der Waals surface area (Å²) in [6.07, 6.45) is 1.61. The van der Waals surface area contributed by atoms with Crippen LogP contribution in [0.25, 0.3) is 11.1 Å². The van der Waals surface area contributed by atoms with Gasteiger partial charge in [-0.1, -0.05) is 18.2 Å². The standard InChI is InChI=1S/C19H17N3O3/c1-12-8-15(13-4-3-5-14(10-13)18(23)24)11-16(9-12)21-19-20-7-6-17(22-19)25-2/h3-11H,1-2H3,(H,23,24)(H,20,21,22). The van der Waals surface area contributed by atoms with Gasteiger partial charge in [0.05, 0.1) is 12.7 Å². The molecule has 0 radical (unpaired) electrons. The molecule has 25 heavy (non-hydrogen) atoms. The second-order valence-corrected chi connectivity index (χ2v) is 5.52. The molecule has 0 saturated heterocycles. The van der Waals surface area contributed by atoms with Gasteiger partial charge in [0.1, 0.15) is 0 Å². The molecule has 126 valence electrons. The fraction of sp³-hybridized carbons (Fsp3) is 0.105. The fourth-order valence-electron chi connectivity index (χ4n) is 2.50. The van der Waals surface area contributed by atoms with Crippen LogP contribution in [0, 0.1) is 6.92 Å². The number of nitrogens with zero attached hydrogens (tertiary/aromatic N) is 2. The summed E-state index contributed by atoms with van der Waals surface area (Å²) in [7, 11) is 1.55. The number of aromatic nitrogens is 2. The highest BCUT2D eigenvalue weighted by molar-refractivity contribution is 5.89. The number of ether oxygens (including phenoxy) is 1. The van der Waals surface area contributed by atoms with E-state index in [9.17, 15) is 4.79 Å². The van der Waals surface area contributed by atoms with E-state index in [1.807, 2.05) is 31.2 Å². The topological polar surface area (TPSA) is 84.3 Å². The summed E-state index contributed by atoms with van der Waals surface area (Å²) in [4.78, 5) is 19.6. The zero-order valence-electron chi connectivity index (χ0n) is 13.9. The van der Waals surface area contributed by atoms with E-state index in [0.717, 1.165) is 22.4 Å². The molecule has 0 fully saturated rings. The number of carbonyl (C=O) groups is 1. The van der Waals surface area contributed by atoms with Gasteiger partial charge >= 0.3 is 5.97 Å². The van der Waals surface area contributed by atoms with Gasteiger partial charge in [0.15, 0.2) is 0 Å². The maximum Gasteiger partial charge on any atom is 0.335 e. The van der Waals surface area contributed by atoms with Crippen molar-refractivity contribution in [2.75, 3.05) is 12.4 Å². The molecular weight excluding hydrogens is 318 g/mol. The van der Waals surface area contributed by atoms with Crippen molar-refractivity contribution in [3.8, 4) is 17.0 Å². The predicted octanol–water partition coefficient (Wildman–Crippen LogP) is 3.90. The Morgan fingerprint density at radius 3 is 2.72 bits per heavy atom. The Kier molecular flexibility index (Phi) is 4.61. The Balaban J connectivity index is 1.95.